The molecule has 2 aromatic rings. The molecule has 2 aromatic carbocycles. The van der Waals surface area contributed by atoms with E-state index in [4.69, 9.17) is 4.74 Å². The zero-order valence-corrected chi connectivity index (χ0v) is 22.4. The summed E-state index contributed by atoms with van der Waals surface area (Å²) >= 11 is 1.02. The molecule has 3 rings (SSSR count). The SMILES string of the molecule is CCCCN(CC(O)C(Cc1ccccc1)NC(=O)OF)SN(O)c1cccc(OC)c1.O=C1CCCO1. The Morgan fingerprint density at radius 2 is 2.00 bits per heavy atom. The van der Waals surface area contributed by atoms with Gasteiger partial charge in [0, 0.05) is 30.1 Å². The van der Waals surface area contributed by atoms with Crippen molar-refractivity contribution in [3.63, 3.8) is 0 Å². The largest absolute Gasteiger partial charge is 0.497 e. The highest BCUT2D eigenvalue weighted by atomic mass is 32.2. The van der Waals surface area contributed by atoms with Crippen molar-refractivity contribution in [2.75, 3.05) is 31.3 Å². The van der Waals surface area contributed by atoms with Gasteiger partial charge in [-0.15, -0.1) is 0 Å². The average molecular weight is 554 g/mol. The van der Waals surface area contributed by atoms with Crippen LogP contribution >= 0.6 is 12.1 Å². The normalized spacial score (nSPS) is 14.1. The molecule has 1 amide bonds. The molecule has 0 spiro atoms. The highest BCUT2D eigenvalue weighted by Gasteiger charge is 2.26. The second-order valence-electron chi connectivity index (χ2n) is 8.49. The monoisotopic (exact) mass is 553 g/mol. The number of unbranched alkanes of at least 4 members (excludes halogenated alkanes) is 1. The van der Waals surface area contributed by atoms with Crippen LogP contribution in [-0.4, -0.2) is 65.6 Å². The number of aliphatic hydroxyl groups is 1. The van der Waals surface area contributed by atoms with Gasteiger partial charge in [0.1, 0.15) is 5.75 Å². The van der Waals surface area contributed by atoms with Crippen molar-refractivity contribution in [3.8, 4) is 5.75 Å². The molecule has 2 unspecified atom stereocenters. The second kappa shape index (κ2) is 17.4. The molecule has 0 saturated carbocycles. The number of methoxy groups -OCH3 is 1. The number of ether oxygens (including phenoxy) is 2. The Labute approximate surface area is 226 Å². The third kappa shape index (κ3) is 11.5. The molecule has 0 aromatic heterocycles. The molecule has 1 aliphatic heterocycles. The van der Waals surface area contributed by atoms with Gasteiger partial charge in [0.05, 0.1) is 43.7 Å². The van der Waals surface area contributed by atoms with Crippen LogP contribution in [0.25, 0.3) is 0 Å². The maximum Gasteiger partial charge on any atom is 0.445 e. The molecule has 1 fully saturated rings. The average Bonchev–Trinajstić information content (AvgIpc) is 3.42. The number of cyclic esters (lactones) is 1. The van der Waals surface area contributed by atoms with E-state index in [-0.39, 0.29) is 18.9 Å². The standard InChI is InChI=1S/C22H30FN3O5S.C4H6O2/c1-3-4-13-25(32-26(29)18-11-8-12-19(15-18)30-2)16-21(27)20(24-22(28)31-23)14-17-9-6-5-7-10-17;5-4-2-1-3-6-4/h5-12,15,20-21,27,29H,3-4,13-14,16H2,1-2H3,(H,24,28);1-3H2. The summed E-state index contributed by atoms with van der Waals surface area (Å²) in [6.45, 7) is 3.36. The summed E-state index contributed by atoms with van der Waals surface area (Å²) in [5.74, 6) is 0.550. The third-order valence-electron chi connectivity index (χ3n) is 5.54. The molecule has 0 radical (unpaired) electrons. The van der Waals surface area contributed by atoms with Crippen molar-refractivity contribution in [1.29, 1.82) is 0 Å². The van der Waals surface area contributed by atoms with E-state index in [1.807, 2.05) is 37.3 Å². The van der Waals surface area contributed by atoms with E-state index in [0.29, 0.717) is 31.0 Å². The molecule has 1 heterocycles. The lowest BCUT2D eigenvalue weighted by atomic mass is 10.0. The van der Waals surface area contributed by atoms with Gasteiger partial charge in [0.2, 0.25) is 0 Å². The number of nitrogens with one attached hydrogen (secondary N) is 1. The molecule has 12 heteroatoms. The zero-order chi connectivity index (χ0) is 27.8. The number of rotatable bonds is 13. The summed E-state index contributed by atoms with van der Waals surface area (Å²) in [6, 6.07) is 15.4. The van der Waals surface area contributed by atoms with Crippen LogP contribution in [0.1, 0.15) is 38.2 Å². The first kappa shape index (κ1) is 31.2. The number of hydrogen-bond donors (Lipinski definition) is 3. The van der Waals surface area contributed by atoms with Crippen LogP contribution in [0.2, 0.25) is 0 Å². The molecule has 0 bridgehead atoms. The lowest BCUT2D eigenvalue weighted by Crippen LogP contribution is -2.48. The lowest BCUT2D eigenvalue weighted by molar-refractivity contribution is -0.137. The number of hydrogen-bond acceptors (Lipinski definition) is 10. The molecular formula is C26H36FN3O7S. The van der Waals surface area contributed by atoms with Gasteiger partial charge in [-0.05, 0) is 37.0 Å². The van der Waals surface area contributed by atoms with E-state index in [9.17, 15) is 24.4 Å². The fraction of sp³-hybridized carbons (Fsp3) is 0.462. The minimum Gasteiger partial charge on any atom is -0.497 e. The van der Waals surface area contributed by atoms with Crippen molar-refractivity contribution in [3.05, 3.63) is 60.2 Å². The van der Waals surface area contributed by atoms with E-state index >= 15 is 0 Å². The van der Waals surface area contributed by atoms with Crippen LogP contribution in [-0.2, 0) is 20.9 Å². The molecule has 1 aliphatic rings. The van der Waals surface area contributed by atoms with Gasteiger partial charge in [-0.2, -0.15) is 4.47 Å². The van der Waals surface area contributed by atoms with E-state index in [0.717, 1.165) is 41.4 Å². The Morgan fingerprint density at radius 3 is 2.58 bits per heavy atom. The van der Waals surface area contributed by atoms with Crippen LogP contribution in [0.3, 0.4) is 0 Å². The number of amides is 1. The highest BCUT2D eigenvalue weighted by Crippen LogP contribution is 2.27. The second-order valence-corrected chi connectivity index (χ2v) is 9.52. The number of carbonyl (C=O) groups excluding carboxylic acids is 2. The van der Waals surface area contributed by atoms with E-state index in [1.54, 1.807) is 35.7 Å². The first-order valence-electron chi connectivity index (χ1n) is 12.4. The minimum atomic E-state index is -1.27. The Bertz CT molecular complexity index is 965. The summed E-state index contributed by atoms with van der Waals surface area (Å²) in [6.07, 6.45) is 1.24. The Morgan fingerprint density at radius 1 is 1.24 bits per heavy atom. The Kier molecular flexibility index (Phi) is 14.3. The van der Waals surface area contributed by atoms with Crippen LogP contribution < -0.4 is 14.5 Å². The molecule has 3 N–H and O–H groups in total. The van der Waals surface area contributed by atoms with Crippen LogP contribution in [0.5, 0.6) is 5.75 Å². The van der Waals surface area contributed by atoms with Crippen molar-refractivity contribution in [2.24, 2.45) is 0 Å². The quantitative estimate of drug-likeness (QED) is 0.186. The van der Waals surface area contributed by atoms with Gasteiger partial charge in [0.15, 0.2) is 0 Å². The van der Waals surface area contributed by atoms with E-state index in [2.05, 4.69) is 15.0 Å². The third-order valence-corrected chi connectivity index (χ3v) is 6.47. The summed E-state index contributed by atoms with van der Waals surface area (Å²) in [4.78, 5) is 24.8. The molecule has 1 saturated heterocycles. The first-order valence-corrected chi connectivity index (χ1v) is 13.1. The number of carbonyl (C=O) groups is 2. The molecule has 210 valence electrons. The van der Waals surface area contributed by atoms with Crippen LogP contribution in [0, 0.1) is 0 Å². The zero-order valence-electron chi connectivity index (χ0n) is 21.6. The number of esters is 1. The van der Waals surface area contributed by atoms with Crippen molar-refractivity contribution < 1.29 is 38.8 Å². The van der Waals surface area contributed by atoms with E-state index < -0.39 is 18.2 Å². The summed E-state index contributed by atoms with van der Waals surface area (Å²) < 4.78 is 24.8. The predicted molar refractivity (Wildman–Crippen MR) is 142 cm³/mol. The maximum absolute atomic E-state index is 12.3. The number of halogens is 1. The molecular weight excluding hydrogens is 517 g/mol. The van der Waals surface area contributed by atoms with Crippen LogP contribution in [0.15, 0.2) is 54.6 Å². The summed E-state index contributed by atoms with van der Waals surface area (Å²) in [7, 11) is 1.54. The number of anilines is 1. The summed E-state index contributed by atoms with van der Waals surface area (Å²) in [5, 5.41) is 23.8. The van der Waals surface area contributed by atoms with Crippen molar-refractivity contribution >= 4 is 29.9 Å². The first-order chi connectivity index (χ1) is 18.4. The van der Waals surface area contributed by atoms with Gasteiger partial charge in [0.25, 0.3) is 0 Å². The van der Waals surface area contributed by atoms with Gasteiger partial charge >= 0.3 is 12.1 Å². The lowest BCUT2D eigenvalue weighted by Gasteiger charge is -2.30. The van der Waals surface area contributed by atoms with Gasteiger partial charge in [-0.3, -0.25) is 10.0 Å². The van der Waals surface area contributed by atoms with Gasteiger partial charge in [-0.1, -0.05) is 49.7 Å². The smallest absolute Gasteiger partial charge is 0.445 e. The van der Waals surface area contributed by atoms with Crippen molar-refractivity contribution in [2.45, 2.75) is 51.2 Å². The minimum absolute atomic E-state index is 0.0463. The Balaban J connectivity index is 0.000000739. The van der Waals surface area contributed by atoms with E-state index in [1.165, 1.54) is 0 Å². The molecule has 10 nitrogen and oxygen atoms in total. The predicted octanol–water partition coefficient (Wildman–Crippen LogP) is 4.46. The van der Waals surface area contributed by atoms with Gasteiger partial charge < -0.3 is 19.9 Å². The summed E-state index contributed by atoms with van der Waals surface area (Å²) in [5.41, 5.74) is 1.37. The topological polar surface area (TPSA) is 121 Å². The molecule has 2 atom stereocenters. The highest BCUT2D eigenvalue weighted by molar-refractivity contribution is 7.98. The number of aliphatic hydroxyl groups excluding tert-OH is 1. The molecule has 0 aliphatic carbocycles. The van der Waals surface area contributed by atoms with Crippen LogP contribution in [0.4, 0.5) is 15.0 Å². The fourth-order valence-electron chi connectivity index (χ4n) is 3.52. The Hall–Kier alpha value is -3.06. The van der Waals surface area contributed by atoms with Crippen molar-refractivity contribution in [1.82, 2.24) is 9.62 Å². The van der Waals surface area contributed by atoms with Gasteiger partial charge in [-0.25, -0.2) is 14.0 Å². The number of nitrogens with zero attached hydrogens (tertiary/aromatic N) is 2. The number of benzene rings is 2. The maximum atomic E-state index is 12.3. The fourth-order valence-corrected chi connectivity index (χ4v) is 4.38. The molecule has 38 heavy (non-hydrogen) atoms.